The Labute approximate surface area is 86.0 Å². The molecular formula is C8H11NO4S. The first-order chi connectivity index (χ1) is 6.61. The van der Waals surface area contributed by atoms with Gasteiger partial charge in [-0.1, -0.05) is 0 Å². The highest BCUT2D eigenvalue weighted by Gasteiger charge is 2.19. The number of nitriles is 1. The Hall–Kier alpha value is -1.22. The third kappa shape index (κ3) is 5.43. The molecule has 14 heavy (non-hydrogen) atoms. The van der Waals surface area contributed by atoms with Crippen molar-refractivity contribution in [1.82, 2.24) is 0 Å². The molecule has 0 heterocycles. The molecule has 0 radical (unpaired) electrons. The Bertz CT molecular complexity index is 248. The van der Waals surface area contributed by atoms with E-state index in [0.717, 1.165) is 11.8 Å². The zero-order valence-corrected chi connectivity index (χ0v) is 8.54. The smallest absolute Gasteiger partial charge is 0.324 e. The number of carboxylic acid groups (broad SMARTS) is 1. The molecule has 0 rings (SSSR count). The van der Waals surface area contributed by atoms with Crippen molar-refractivity contribution in [2.75, 3.05) is 18.1 Å². The van der Waals surface area contributed by atoms with Crippen molar-refractivity contribution in [3.05, 3.63) is 0 Å². The fourth-order valence-electron chi connectivity index (χ4n) is 0.665. The lowest BCUT2D eigenvalue weighted by molar-refractivity contribution is -0.145. The minimum atomic E-state index is -0.962. The zero-order chi connectivity index (χ0) is 11.0. The van der Waals surface area contributed by atoms with Gasteiger partial charge in [0.25, 0.3) is 0 Å². The molecular weight excluding hydrogens is 206 g/mol. The summed E-state index contributed by atoms with van der Waals surface area (Å²) in [6.45, 7) is 1.87. The van der Waals surface area contributed by atoms with Crippen molar-refractivity contribution >= 4 is 23.7 Å². The van der Waals surface area contributed by atoms with E-state index in [1.54, 1.807) is 13.0 Å². The SMILES string of the molecule is CCOC(=O)C(C#N)CSCC(=O)O. The molecule has 0 amide bonds. The second-order valence-electron chi connectivity index (χ2n) is 2.34. The molecule has 0 aromatic heterocycles. The lowest BCUT2D eigenvalue weighted by Gasteiger charge is -2.06. The summed E-state index contributed by atoms with van der Waals surface area (Å²) in [6, 6.07) is 1.77. The van der Waals surface area contributed by atoms with Crippen molar-refractivity contribution in [3.8, 4) is 6.07 Å². The molecule has 78 valence electrons. The molecule has 5 nitrogen and oxygen atoms in total. The van der Waals surface area contributed by atoms with E-state index in [-0.39, 0.29) is 18.1 Å². The number of rotatable bonds is 6. The average molecular weight is 217 g/mol. The van der Waals surface area contributed by atoms with E-state index in [4.69, 9.17) is 10.4 Å². The molecule has 6 heteroatoms. The molecule has 0 saturated carbocycles. The Morgan fingerprint density at radius 1 is 1.64 bits per heavy atom. The van der Waals surface area contributed by atoms with Gasteiger partial charge in [-0.3, -0.25) is 9.59 Å². The zero-order valence-electron chi connectivity index (χ0n) is 7.73. The second kappa shape index (κ2) is 7.21. The maximum Gasteiger partial charge on any atom is 0.324 e. The summed E-state index contributed by atoms with van der Waals surface area (Å²) in [5, 5.41) is 16.9. The van der Waals surface area contributed by atoms with Crippen LogP contribution >= 0.6 is 11.8 Å². The molecule has 0 aromatic carbocycles. The van der Waals surface area contributed by atoms with E-state index in [2.05, 4.69) is 4.74 Å². The van der Waals surface area contributed by atoms with Crippen molar-refractivity contribution in [1.29, 1.82) is 5.26 Å². The topological polar surface area (TPSA) is 87.4 Å². The van der Waals surface area contributed by atoms with Crippen LogP contribution in [0.1, 0.15) is 6.92 Å². The van der Waals surface area contributed by atoms with Gasteiger partial charge in [-0.05, 0) is 6.92 Å². The summed E-state index contributed by atoms with van der Waals surface area (Å²) < 4.78 is 4.63. The number of thioether (sulfide) groups is 1. The van der Waals surface area contributed by atoms with Crippen LogP contribution in [0.15, 0.2) is 0 Å². The summed E-state index contributed by atoms with van der Waals surface area (Å²) in [5.41, 5.74) is 0. The van der Waals surface area contributed by atoms with E-state index >= 15 is 0 Å². The van der Waals surface area contributed by atoms with Gasteiger partial charge < -0.3 is 9.84 Å². The first-order valence-electron chi connectivity index (χ1n) is 3.97. The van der Waals surface area contributed by atoms with Crippen molar-refractivity contribution in [3.63, 3.8) is 0 Å². The van der Waals surface area contributed by atoms with Gasteiger partial charge in [0.1, 0.15) is 0 Å². The van der Waals surface area contributed by atoms with Gasteiger partial charge in [0, 0.05) is 5.75 Å². The quantitative estimate of drug-likeness (QED) is 0.652. The van der Waals surface area contributed by atoms with Gasteiger partial charge in [0.05, 0.1) is 18.4 Å². The molecule has 0 saturated heterocycles. The number of carbonyl (C=O) groups excluding carboxylic acids is 1. The summed E-state index contributed by atoms with van der Waals surface area (Å²) in [7, 11) is 0. The molecule has 0 aromatic rings. The van der Waals surface area contributed by atoms with Crippen molar-refractivity contribution in [2.45, 2.75) is 6.92 Å². The summed E-state index contributed by atoms with van der Waals surface area (Å²) in [5.74, 6) is -2.39. The molecule has 0 bridgehead atoms. The fourth-order valence-corrected chi connectivity index (χ4v) is 1.40. The van der Waals surface area contributed by atoms with Gasteiger partial charge in [0.15, 0.2) is 5.92 Å². The molecule has 0 aliphatic heterocycles. The Morgan fingerprint density at radius 2 is 2.29 bits per heavy atom. The van der Waals surface area contributed by atoms with E-state index in [1.165, 1.54) is 0 Å². The number of carboxylic acids is 1. The lowest BCUT2D eigenvalue weighted by Crippen LogP contribution is -2.19. The maximum atomic E-state index is 11.0. The number of esters is 1. The van der Waals surface area contributed by atoms with E-state index in [1.807, 2.05) is 0 Å². The molecule has 0 spiro atoms. The number of nitrogens with zero attached hydrogens (tertiary/aromatic N) is 1. The third-order valence-corrected chi connectivity index (χ3v) is 2.26. The molecule has 0 aliphatic rings. The molecule has 0 fully saturated rings. The highest BCUT2D eigenvalue weighted by atomic mass is 32.2. The summed E-state index contributed by atoms with van der Waals surface area (Å²) in [6.07, 6.45) is 0. The van der Waals surface area contributed by atoms with Crippen LogP contribution in [-0.2, 0) is 14.3 Å². The van der Waals surface area contributed by atoms with Crippen LogP contribution in [0, 0.1) is 17.2 Å². The largest absolute Gasteiger partial charge is 0.481 e. The van der Waals surface area contributed by atoms with Gasteiger partial charge in [-0.2, -0.15) is 5.26 Å². The second-order valence-corrected chi connectivity index (χ2v) is 3.37. The van der Waals surface area contributed by atoms with Crippen LogP contribution in [-0.4, -0.2) is 35.2 Å². The van der Waals surface area contributed by atoms with Crippen LogP contribution in [0.3, 0.4) is 0 Å². The van der Waals surface area contributed by atoms with Gasteiger partial charge in [0.2, 0.25) is 0 Å². The van der Waals surface area contributed by atoms with Crippen LogP contribution in [0.5, 0.6) is 0 Å². The first kappa shape index (κ1) is 12.8. The summed E-state index contributed by atoms with van der Waals surface area (Å²) in [4.78, 5) is 21.2. The molecule has 1 unspecified atom stereocenters. The summed E-state index contributed by atoms with van der Waals surface area (Å²) >= 11 is 1.03. The van der Waals surface area contributed by atoms with E-state index < -0.39 is 17.9 Å². The predicted molar refractivity (Wildman–Crippen MR) is 50.7 cm³/mol. The third-order valence-electron chi connectivity index (χ3n) is 1.24. The number of ether oxygens (including phenoxy) is 1. The minimum absolute atomic E-state index is 0.114. The van der Waals surface area contributed by atoms with Crippen molar-refractivity contribution < 1.29 is 19.4 Å². The van der Waals surface area contributed by atoms with Gasteiger partial charge >= 0.3 is 11.9 Å². The molecule has 1 N–H and O–H groups in total. The predicted octanol–water partition coefficient (Wildman–Crippen LogP) is 0.507. The van der Waals surface area contributed by atoms with Gasteiger partial charge in [-0.15, -0.1) is 11.8 Å². The normalized spacial score (nSPS) is 11.4. The maximum absolute atomic E-state index is 11.0. The van der Waals surface area contributed by atoms with Crippen molar-refractivity contribution in [2.24, 2.45) is 5.92 Å². The van der Waals surface area contributed by atoms with Crippen LogP contribution < -0.4 is 0 Å². The number of carbonyl (C=O) groups is 2. The average Bonchev–Trinajstić information content (AvgIpc) is 2.12. The highest BCUT2D eigenvalue weighted by molar-refractivity contribution is 7.99. The Kier molecular flexibility index (Phi) is 6.58. The lowest BCUT2D eigenvalue weighted by atomic mass is 10.2. The number of aliphatic carboxylic acids is 1. The monoisotopic (exact) mass is 217 g/mol. The number of hydrogen-bond donors (Lipinski definition) is 1. The minimum Gasteiger partial charge on any atom is -0.481 e. The van der Waals surface area contributed by atoms with Crippen LogP contribution in [0.25, 0.3) is 0 Å². The highest BCUT2D eigenvalue weighted by Crippen LogP contribution is 2.09. The molecule has 1 atom stereocenters. The van der Waals surface area contributed by atoms with Crippen LogP contribution in [0.2, 0.25) is 0 Å². The standard InChI is InChI=1S/C8H11NO4S/c1-2-13-8(12)6(3-9)4-14-5-7(10)11/h6H,2,4-5H2,1H3,(H,10,11). The van der Waals surface area contributed by atoms with Crippen LogP contribution in [0.4, 0.5) is 0 Å². The van der Waals surface area contributed by atoms with Gasteiger partial charge in [-0.25, -0.2) is 0 Å². The molecule has 0 aliphatic carbocycles. The Morgan fingerprint density at radius 3 is 2.71 bits per heavy atom. The van der Waals surface area contributed by atoms with E-state index in [0.29, 0.717) is 0 Å². The fraction of sp³-hybridized carbons (Fsp3) is 0.625. The Balaban J connectivity index is 3.86. The first-order valence-corrected chi connectivity index (χ1v) is 5.13. The number of hydrogen-bond acceptors (Lipinski definition) is 5. The van der Waals surface area contributed by atoms with E-state index in [9.17, 15) is 9.59 Å².